The summed E-state index contributed by atoms with van der Waals surface area (Å²) in [4.78, 5) is 35.2. The van der Waals surface area contributed by atoms with Crippen molar-refractivity contribution in [2.45, 2.75) is 45.2 Å². The zero-order valence-electron chi connectivity index (χ0n) is 10.1. The summed E-state index contributed by atoms with van der Waals surface area (Å²) in [7, 11) is 0. The summed E-state index contributed by atoms with van der Waals surface area (Å²) in [6.07, 6.45) is 0.303. The standard InChI is InChI=1S/C11H18N2O4/c1-7(2)13-6-5-8(11(13)17)12-9(14)3-4-10(15)16/h7-8H,3-6H2,1-2H3,(H,12,14)(H,15,16). The van der Waals surface area contributed by atoms with Crippen LogP contribution in [-0.2, 0) is 14.4 Å². The first-order valence-corrected chi connectivity index (χ1v) is 5.73. The fourth-order valence-electron chi connectivity index (χ4n) is 1.84. The van der Waals surface area contributed by atoms with Crippen molar-refractivity contribution in [3.05, 3.63) is 0 Å². The Kier molecular flexibility index (Phi) is 4.48. The van der Waals surface area contributed by atoms with Crippen molar-refractivity contribution < 1.29 is 19.5 Å². The summed E-state index contributed by atoms with van der Waals surface area (Å²) in [5.74, 6) is -1.47. The normalized spacial score (nSPS) is 19.8. The molecule has 2 N–H and O–H groups in total. The van der Waals surface area contributed by atoms with Gasteiger partial charge in [0.25, 0.3) is 0 Å². The van der Waals surface area contributed by atoms with Crippen molar-refractivity contribution in [3.8, 4) is 0 Å². The summed E-state index contributed by atoms with van der Waals surface area (Å²) < 4.78 is 0. The Balaban J connectivity index is 2.40. The second-order valence-electron chi connectivity index (χ2n) is 4.43. The average Bonchev–Trinajstić information content (AvgIpc) is 2.58. The van der Waals surface area contributed by atoms with Crippen LogP contribution in [0.15, 0.2) is 0 Å². The van der Waals surface area contributed by atoms with E-state index in [1.165, 1.54) is 0 Å². The van der Waals surface area contributed by atoms with Crippen molar-refractivity contribution in [2.75, 3.05) is 6.54 Å². The van der Waals surface area contributed by atoms with E-state index in [2.05, 4.69) is 5.32 Å². The summed E-state index contributed by atoms with van der Waals surface area (Å²) in [6, 6.07) is -0.359. The number of nitrogens with one attached hydrogen (secondary N) is 1. The maximum absolute atomic E-state index is 11.8. The van der Waals surface area contributed by atoms with Gasteiger partial charge in [0.05, 0.1) is 6.42 Å². The number of hydrogen-bond acceptors (Lipinski definition) is 3. The first kappa shape index (κ1) is 13.5. The molecule has 0 aromatic heterocycles. The smallest absolute Gasteiger partial charge is 0.303 e. The highest BCUT2D eigenvalue weighted by molar-refractivity contribution is 5.90. The molecular weight excluding hydrogens is 224 g/mol. The summed E-state index contributed by atoms with van der Waals surface area (Å²) >= 11 is 0. The van der Waals surface area contributed by atoms with Crippen molar-refractivity contribution in [1.29, 1.82) is 0 Å². The molecule has 1 heterocycles. The predicted molar refractivity (Wildman–Crippen MR) is 60.3 cm³/mol. The van der Waals surface area contributed by atoms with Gasteiger partial charge in [0.2, 0.25) is 11.8 Å². The molecule has 1 aliphatic rings. The molecule has 1 unspecified atom stereocenters. The third-order valence-corrected chi connectivity index (χ3v) is 2.76. The number of amides is 2. The van der Waals surface area contributed by atoms with Gasteiger partial charge in [-0.05, 0) is 20.3 Å². The van der Waals surface area contributed by atoms with Crippen molar-refractivity contribution in [1.82, 2.24) is 10.2 Å². The lowest BCUT2D eigenvalue weighted by molar-refractivity contribution is -0.139. The van der Waals surface area contributed by atoms with E-state index in [0.717, 1.165) is 0 Å². The van der Waals surface area contributed by atoms with E-state index < -0.39 is 12.0 Å². The fourth-order valence-corrected chi connectivity index (χ4v) is 1.84. The van der Waals surface area contributed by atoms with Crippen LogP contribution in [0, 0.1) is 0 Å². The molecule has 1 rings (SSSR count). The van der Waals surface area contributed by atoms with E-state index in [0.29, 0.717) is 13.0 Å². The quantitative estimate of drug-likeness (QED) is 0.709. The third kappa shape index (κ3) is 3.72. The van der Waals surface area contributed by atoms with E-state index in [1.54, 1.807) is 4.90 Å². The molecule has 1 aliphatic heterocycles. The zero-order chi connectivity index (χ0) is 13.0. The number of carbonyl (C=O) groups is 3. The second kappa shape index (κ2) is 5.65. The SMILES string of the molecule is CC(C)N1CCC(NC(=O)CCC(=O)O)C1=O. The number of carbonyl (C=O) groups excluding carboxylic acids is 2. The fraction of sp³-hybridized carbons (Fsp3) is 0.727. The Labute approximate surface area is 100.0 Å². The Morgan fingerprint density at radius 2 is 2.12 bits per heavy atom. The zero-order valence-corrected chi connectivity index (χ0v) is 10.1. The first-order valence-electron chi connectivity index (χ1n) is 5.73. The van der Waals surface area contributed by atoms with Crippen LogP contribution in [0.5, 0.6) is 0 Å². The average molecular weight is 242 g/mol. The van der Waals surface area contributed by atoms with Crippen molar-refractivity contribution in [2.24, 2.45) is 0 Å². The highest BCUT2D eigenvalue weighted by atomic mass is 16.4. The number of aliphatic carboxylic acids is 1. The van der Waals surface area contributed by atoms with E-state index in [1.807, 2.05) is 13.8 Å². The predicted octanol–water partition coefficient (Wildman–Crippen LogP) is -0.0233. The molecule has 1 fully saturated rings. The molecule has 6 heteroatoms. The van der Waals surface area contributed by atoms with Gasteiger partial charge in [0.15, 0.2) is 0 Å². The van der Waals surface area contributed by atoms with Gasteiger partial charge >= 0.3 is 5.97 Å². The molecule has 0 radical (unpaired) electrons. The van der Waals surface area contributed by atoms with Crippen molar-refractivity contribution in [3.63, 3.8) is 0 Å². The largest absolute Gasteiger partial charge is 0.481 e. The lowest BCUT2D eigenvalue weighted by Crippen LogP contribution is -2.43. The first-order chi connectivity index (χ1) is 7.91. The maximum Gasteiger partial charge on any atom is 0.303 e. The van der Waals surface area contributed by atoms with Crippen molar-refractivity contribution >= 4 is 17.8 Å². The lowest BCUT2D eigenvalue weighted by Gasteiger charge is -2.21. The third-order valence-electron chi connectivity index (χ3n) is 2.76. The summed E-state index contributed by atoms with van der Waals surface area (Å²) in [6.45, 7) is 4.49. The minimum absolute atomic E-state index is 0.0799. The molecule has 0 aromatic rings. The van der Waals surface area contributed by atoms with E-state index >= 15 is 0 Å². The van der Waals surface area contributed by atoms with Crippen LogP contribution in [0.2, 0.25) is 0 Å². The Morgan fingerprint density at radius 3 is 2.59 bits per heavy atom. The van der Waals surface area contributed by atoms with Gasteiger partial charge < -0.3 is 15.3 Å². The van der Waals surface area contributed by atoms with Crippen LogP contribution in [-0.4, -0.2) is 46.4 Å². The Morgan fingerprint density at radius 1 is 1.47 bits per heavy atom. The Bertz CT molecular complexity index is 327. The van der Waals surface area contributed by atoms with Gasteiger partial charge in [-0.1, -0.05) is 0 Å². The molecule has 17 heavy (non-hydrogen) atoms. The molecule has 96 valence electrons. The maximum atomic E-state index is 11.8. The van der Waals surface area contributed by atoms with Gasteiger partial charge in [-0.2, -0.15) is 0 Å². The molecule has 0 aromatic carbocycles. The van der Waals surface area contributed by atoms with E-state index in [-0.39, 0.29) is 30.7 Å². The van der Waals surface area contributed by atoms with Crippen LogP contribution in [0.4, 0.5) is 0 Å². The number of likely N-dealkylation sites (tertiary alicyclic amines) is 1. The van der Waals surface area contributed by atoms with Crippen LogP contribution in [0.25, 0.3) is 0 Å². The molecule has 6 nitrogen and oxygen atoms in total. The van der Waals surface area contributed by atoms with Crippen LogP contribution >= 0.6 is 0 Å². The van der Waals surface area contributed by atoms with Gasteiger partial charge in [0.1, 0.15) is 6.04 Å². The topological polar surface area (TPSA) is 86.7 Å². The van der Waals surface area contributed by atoms with Gasteiger partial charge in [0, 0.05) is 19.0 Å². The highest BCUT2D eigenvalue weighted by Crippen LogP contribution is 2.14. The van der Waals surface area contributed by atoms with E-state index in [9.17, 15) is 14.4 Å². The van der Waals surface area contributed by atoms with E-state index in [4.69, 9.17) is 5.11 Å². The number of carboxylic acid groups (broad SMARTS) is 1. The van der Waals surface area contributed by atoms with Gasteiger partial charge in [-0.15, -0.1) is 0 Å². The molecule has 0 spiro atoms. The number of nitrogens with zero attached hydrogens (tertiary/aromatic N) is 1. The number of rotatable bonds is 5. The monoisotopic (exact) mass is 242 g/mol. The van der Waals surface area contributed by atoms with Crippen LogP contribution in [0.3, 0.4) is 0 Å². The molecule has 1 saturated heterocycles. The highest BCUT2D eigenvalue weighted by Gasteiger charge is 2.33. The minimum atomic E-state index is -1.01. The molecule has 0 aliphatic carbocycles. The molecular formula is C11H18N2O4. The molecule has 2 amide bonds. The van der Waals surface area contributed by atoms with Gasteiger partial charge in [-0.3, -0.25) is 14.4 Å². The minimum Gasteiger partial charge on any atom is -0.481 e. The van der Waals surface area contributed by atoms with Gasteiger partial charge in [-0.25, -0.2) is 0 Å². The second-order valence-corrected chi connectivity index (χ2v) is 4.43. The van der Waals surface area contributed by atoms with Crippen LogP contribution in [0.1, 0.15) is 33.1 Å². The Hall–Kier alpha value is -1.59. The number of carboxylic acids is 1. The molecule has 1 atom stereocenters. The molecule has 0 saturated carbocycles. The summed E-state index contributed by atoms with van der Waals surface area (Å²) in [5, 5.41) is 11.0. The van der Waals surface area contributed by atoms with Crippen LogP contribution < -0.4 is 5.32 Å². The summed E-state index contributed by atoms with van der Waals surface area (Å²) in [5.41, 5.74) is 0. The number of hydrogen-bond donors (Lipinski definition) is 2. The molecule has 0 bridgehead atoms. The lowest BCUT2D eigenvalue weighted by atomic mass is 10.2.